The number of benzene rings is 1. The first-order chi connectivity index (χ1) is 14.7. The number of hydrogen-bond donors (Lipinski definition) is 2. The standard InChI is InChI=1S/C19H14N2O8S2/c22-16(23)7-5-13(18(25)26)20-17(24)15(31-19(20)30)9-12-4-6-14(29-12)10-2-1-3-11(8-10)21(27)28/h1-4,6,8-9,13H,5,7H2,(H,22,23)(H,25,26)/b15-9+/t13-/m1/s1. The van der Waals surface area contributed by atoms with E-state index < -0.39 is 35.2 Å². The molecule has 2 aromatic rings. The summed E-state index contributed by atoms with van der Waals surface area (Å²) in [7, 11) is 0. The fourth-order valence-electron chi connectivity index (χ4n) is 2.86. The van der Waals surface area contributed by atoms with Gasteiger partial charge in [-0.2, -0.15) is 0 Å². The maximum atomic E-state index is 12.7. The van der Waals surface area contributed by atoms with Gasteiger partial charge in [-0.15, -0.1) is 0 Å². The van der Waals surface area contributed by atoms with Crippen LogP contribution in [0, 0.1) is 10.1 Å². The maximum absolute atomic E-state index is 12.7. The number of non-ortho nitro benzene ring substituents is 1. The van der Waals surface area contributed by atoms with Gasteiger partial charge in [0.25, 0.3) is 11.6 Å². The van der Waals surface area contributed by atoms with Crippen molar-refractivity contribution in [2.24, 2.45) is 0 Å². The minimum absolute atomic E-state index is 0.000461. The van der Waals surface area contributed by atoms with Crippen LogP contribution in [0.15, 0.2) is 45.7 Å². The van der Waals surface area contributed by atoms with Gasteiger partial charge in [0.2, 0.25) is 0 Å². The largest absolute Gasteiger partial charge is 0.481 e. The van der Waals surface area contributed by atoms with Crippen molar-refractivity contribution in [2.45, 2.75) is 18.9 Å². The van der Waals surface area contributed by atoms with Crippen LogP contribution in [-0.2, 0) is 14.4 Å². The van der Waals surface area contributed by atoms with E-state index in [1.54, 1.807) is 18.2 Å². The molecule has 1 aromatic carbocycles. The van der Waals surface area contributed by atoms with Gasteiger partial charge in [-0.1, -0.05) is 36.1 Å². The van der Waals surface area contributed by atoms with Gasteiger partial charge in [-0.25, -0.2) is 4.79 Å². The van der Waals surface area contributed by atoms with Gasteiger partial charge in [-0.3, -0.25) is 24.6 Å². The first-order valence-corrected chi connectivity index (χ1v) is 9.96. The molecule has 12 heteroatoms. The number of nitro benzene ring substituents is 1. The predicted molar refractivity (Wildman–Crippen MR) is 114 cm³/mol. The number of carbonyl (C=O) groups is 3. The second-order valence-electron chi connectivity index (χ2n) is 6.35. The highest BCUT2D eigenvalue weighted by atomic mass is 32.2. The molecular weight excluding hydrogens is 448 g/mol. The number of carboxylic acids is 2. The Kier molecular flexibility index (Phi) is 6.51. The van der Waals surface area contributed by atoms with E-state index in [-0.39, 0.29) is 27.1 Å². The summed E-state index contributed by atoms with van der Waals surface area (Å²) in [5.41, 5.74) is 0.374. The molecule has 1 amide bonds. The van der Waals surface area contributed by atoms with E-state index in [4.69, 9.17) is 21.7 Å². The van der Waals surface area contributed by atoms with E-state index >= 15 is 0 Å². The van der Waals surface area contributed by atoms with Crippen LogP contribution in [-0.4, -0.2) is 48.2 Å². The van der Waals surface area contributed by atoms with Crippen LogP contribution in [0.25, 0.3) is 17.4 Å². The van der Waals surface area contributed by atoms with Gasteiger partial charge >= 0.3 is 11.9 Å². The van der Waals surface area contributed by atoms with Gasteiger partial charge in [0, 0.05) is 30.2 Å². The van der Waals surface area contributed by atoms with E-state index in [1.807, 2.05) is 0 Å². The zero-order valence-electron chi connectivity index (χ0n) is 15.6. The van der Waals surface area contributed by atoms with Gasteiger partial charge in [0.15, 0.2) is 0 Å². The number of thiocarbonyl (C=S) groups is 1. The Hall–Kier alpha value is -3.51. The fraction of sp³-hybridized carbons (Fsp3) is 0.158. The predicted octanol–water partition coefficient (Wildman–Crippen LogP) is 3.37. The second kappa shape index (κ2) is 9.10. The Morgan fingerprint density at radius 2 is 2.03 bits per heavy atom. The van der Waals surface area contributed by atoms with Gasteiger partial charge in [-0.05, 0) is 18.6 Å². The molecule has 1 atom stereocenters. The number of thioether (sulfide) groups is 1. The van der Waals surface area contributed by atoms with Crippen LogP contribution in [0.4, 0.5) is 5.69 Å². The first-order valence-electron chi connectivity index (χ1n) is 8.73. The van der Waals surface area contributed by atoms with Gasteiger partial charge in [0.05, 0.1) is 9.83 Å². The minimum Gasteiger partial charge on any atom is -0.481 e. The SMILES string of the molecule is O=C(O)CC[C@H](C(=O)O)N1C(=O)/C(=C\c2ccc(-c3cccc([N+](=O)[O-])c3)o2)SC1=S. The Balaban J connectivity index is 1.83. The summed E-state index contributed by atoms with van der Waals surface area (Å²) in [4.78, 5) is 46.5. The molecule has 0 unspecified atom stereocenters. The summed E-state index contributed by atoms with van der Waals surface area (Å²) in [6, 6.07) is 7.59. The molecule has 0 radical (unpaired) electrons. The number of nitro groups is 1. The molecular formula is C19H14N2O8S2. The molecule has 1 saturated heterocycles. The fourth-order valence-corrected chi connectivity index (χ4v) is 4.20. The van der Waals surface area contributed by atoms with E-state index in [0.717, 1.165) is 16.7 Å². The van der Waals surface area contributed by atoms with Crippen LogP contribution < -0.4 is 0 Å². The zero-order valence-corrected chi connectivity index (χ0v) is 17.2. The lowest BCUT2D eigenvalue weighted by molar-refractivity contribution is -0.384. The van der Waals surface area contributed by atoms with Crippen molar-refractivity contribution in [2.75, 3.05) is 0 Å². The number of carbonyl (C=O) groups excluding carboxylic acids is 1. The molecule has 0 spiro atoms. The number of rotatable bonds is 8. The number of amides is 1. The molecule has 0 aliphatic carbocycles. The Morgan fingerprint density at radius 3 is 2.68 bits per heavy atom. The quantitative estimate of drug-likeness (QED) is 0.258. The zero-order chi connectivity index (χ0) is 22.7. The molecule has 1 aliphatic rings. The molecule has 3 rings (SSSR count). The summed E-state index contributed by atoms with van der Waals surface area (Å²) in [6.45, 7) is 0. The lowest BCUT2D eigenvalue weighted by Gasteiger charge is -2.22. The van der Waals surface area contributed by atoms with Crippen molar-refractivity contribution < 1.29 is 33.9 Å². The topological polar surface area (TPSA) is 151 Å². The highest BCUT2D eigenvalue weighted by Gasteiger charge is 2.40. The third-order valence-corrected chi connectivity index (χ3v) is 5.62. The van der Waals surface area contributed by atoms with Crippen LogP contribution in [0.1, 0.15) is 18.6 Å². The molecule has 1 fully saturated rings. The van der Waals surface area contributed by atoms with Crippen LogP contribution >= 0.6 is 24.0 Å². The first kappa shape index (κ1) is 22.2. The normalized spacial score (nSPS) is 16.0. The van der Waals surface area contributed by atoms with Gasteiger partial charge < -0.3 is 14.6 Å². The highest BCUT2D eigenvalue weighted by molar-refractivity contribution is 8.26. The van der Waals surface area contributed by atoms with E-state index in [9.17, 15) is 29.6 Å². The molecule has 1 aliphatic heterocycles. The van der Waals surface area contributed by atoms with Crippen LogP contribution in [0.3, 0.4) is 0 Å². The lowest BCUT2D eigenvalue weighted by atomic mass is 10.1. The van der Waals surface area contributed by atoms with E-state index in [0.29, 0.717) is 11.3 Å². The third kappa shape index (κ3) is 4.98. The molecule has 2 N–H and O–H groups in total. The molecule has 2 heterocycles. The van der Waals surface area contributed by atoms with Crippen LogP contribution in [0.2, 0.25) is 0 Å². The van der Waals surface area contributed by atoms with Crippen molar-refractivity contribution in [3.05, 3.63) is 57.2 Å². The Labute approximate surface area is 184 Å². The van der Waals surface area contributed by atoms with Crippen LogP contribution in [0.5, 0.6) is 0 Å². The van der Waals surface area contributed by atoms with Crippen molar-refractivity contribution in [3.8, 4) is 11.3 Å². The molecule has 31 heavy (non-hydrogen) atoms. The van der Waals surface area contributed by atoms with Crippen molar-refractivity contribution in [1.29, 1.82) is 0 Å². The lowest BCUT2D eigenvalue weighted by Crippen LogP contribution is -2.44. The minimum atomic E-state index is -1.40. The number of hydrogen-bond acceptors (Lipinski definition) is 8. The molecule has 160 valence electrons. The molecule has 0 saturated carbocycles. The summed E-state index contributed by atoms with van der Waals surface area (Å²) in [5.74, 6) is -2.60. The van der Waals surface area contributed by atoms with E-state index in [1.165, 1.54) is 24.3 Å². The highest BCUT2D eigenvalue weighted by Crippen LogP contribution is 2.36. The van der Waals surface area contributed by atoms with Gasteiger partial charge in [0.1, 0.15) is 21.9 Å². The molecule has 0 bridgehead atoms. The van der Waals surface area contributed by atoms with Crippen molar-refractivity contribution in [3.63, 3.8) is 0 Å². The summed E-state index contributed by atoms with van der Waals surface area (Å²) < 4.78 is 5.65. The van der Waals surface area contributed by atoms with Crippen molar-refractivity contribution in [1.82, 2.24) is 4.90 Å². The smallest absolute Gasteiger partial charge is 0.326 e. The Morgan fingerprint density at radius 1 is 1.29 bits per heavy atom. The average molecular weight is 462 g/mol. The third-order valence-electron chi connectivity index (χ3n) is 4.29. The monoisotopic (exact) mass is 462 g/mol. The second-order valence-corrected chi connectivity index (χ2v) is 8.02. The number of furan rings is 1. The molecule has 10 nitrogen and oxygen atoms in total. The van der Waals surface area contributed by atoms with Crippen molar-refractivity contribution >= 4 is 57.9 Å². The maximum Gasteiger partial charge on any atom is 0.326 e. The number of carboxylic acid groups (broad SMARTS) is 2. The summed E-state index contributed by atoms with van der Waals surface area (Å²) >= 11 is 6.01. The Bertz CT molecular complexity index is 1120. The van der Waals surface area contributed by atoms with E-state index in [2.05, 4.69) is 0 Å². The number of aliphatic carboxylic acids is 2. The average Bonchev–Trinajstić information content (AvgIpc) is 3.28. The molecule has 1 aromatic heterocycles. The summed E-state index contributed by atoms with van der Waals surface area (Å²) in [6.07, 6.45) is 0.663. The summed E-state index contributed by atoms with van der Waals surface area (Å²) in [5, 5.41) is 29.2. The number of nitrogens with zero attached hydrogens (tertiary/aromatic N) is 2.